The minimum absolute atomic E-state index is 0.0557. The van der Waals surface area contributed by atoms with Crippen LogP contribution in [0.3, 0.4) is 0 Å². The van der Waals surface area contributed by atoms with E-state index in [4.69, 9.17) is 19.2 Å². The standard InChI is InChI=1S/C27H43N3O5/c1-19-11-12-20-13-14-21(28-23(20)30(19)25(32)35-27(5,6)7)10-8-9-17-33-22-15-16-29(18-22)24(31)34-26(2,3)4/h13-14,19,22H,8-12,15-18H2,1-7H3/t19-,22-/m1/s1. The molecule has 2 aliphatic rings. The Bertz CT molecular complexity index is 890. The first-order valence-corrected chi connectivity index (χ1v) is 12.9. The lowest BCUT2D eigenvalue weighted by Crippen LogP contribution is -2.45. The molecule has 0 aliphatic carbocycles. The molecule has 2 atom stereocenters. The van der Waals surface area contributed by atoms with Gasteiger partial charge < -0.3 is 19.1 Å². The van der Waals surface area contributed by atoms with Crippen LogP contribution < -0.4 is 4.90 Å². The van der Waals surface area contributed by atoms with Gasteiger partial charge in [-0.2, -0.15) is 0 Å². The highest BCUT2D eigenvalue weighted by Gasteiger charge is 2.33. The first kappa shape index (κ1) is 27.2. The third-order valence-electron chi connectivity index (χ3n) is 6.08. The number of hydrogen-bond donors (Lipinski definition) is 0. The molecule has 2 aliphatic heterocycles. The molecule has 1 aromatic rings. The average Bonchev–Trinajstić information content (AvgIpc) is 3.20. The van der Waals surface area contributed by atoms with Crippen LogP contribution in [0.15, 0.2) is 12.1 Å². The maximum atomic E-state index is 12.9. The van der Waals surface area contributed by atoms with E-state index in [0.29, 0.717) is 19.7 Å². The van der Waals surface area contributed by atoms with Gasteiger partial charge in [-0.1, -0.05) is 6.07 Å². The van der Waals surface area contributed by atoms with Crippen molar-refractivity contribution in [3.63, 3.8) is 0 Å². The summed E-state index contributed by atoms with van der Waals surface area (Å²) in [6, 6.07) is 4.22. The third kappa shape index (κ3) is 8.09. The third-order valence-corrected chi connectivity index (χ3v) is 6.08. The first-order valence-electron chi connectivity index (χ1n) is 12.9. The number of pyridine rings is 1. The number of nitrogens with zero attached hydrogens (tertiary/aromatic N) is 3. The summed E-state index contributed by atoms with van der Waals surface area (Å²) in [4.78, 5) is 33.4. The maximum Gasteiger partial charge on any atom is 0.416 e. The van der Waals surface area contributed by atoms with Crippen LogP contribution in [-0.2, 0) is 27.1 Å². The second kappa shape index (κ2) is 11.1. The summed E-state index contributed by atoms with van der Waals surface area (Å²) in [5.41, 5.74) is 1.04. The zero-order valence-electron chi connectivity index (χ0n) is 22.6. The summed E-state index contributed by atoms with van der Waals surface area (Å²) in [5.74, 6) is 0.736. The molecule has 0 bridgehead atoms. The van der Waals surface area contributed by atoms with Gasteiger partial charge in [-0.15, -0.1) is 0 Å². The summed E-state index contributed by atoms with van der Waals surface area (Å²) in [7, 11) is 0. The van der Waals surface area contributed by atoms with E-state index in [1.165, 1.54) is 0 Å². The molecular weight excluding hydrogens is 446 g/mol. The van der Waals surface area contributed by atoms with Gasteiger partial charge in [-0.05, 0) is 98.6 Å². The van der Waals surface area contributed by atoms with E-state index in [2.05, 4.69) is 12.1 Å². The van der Waals surface area contributed by atoms with Gasteiger partial charge in [-0.3, -0.25) is 4.90 Å². The lowest BCUT2D eigenvalue weighted by Gasteiger charge is -2.35. The van der Waals surface area contributed by atoms with E-state index < -0.39 is 11.2 Å². The van der Waals surface area contributed by atoms with Crippen LogP contribution in [0.5, 0.6) is 0 Å². The Morgan fingerprint density at radius 2 is 1.69 bits per heavy atom. The predicted octanol–water partition coefficient (Wildman–Crippen LogP) is 5.51. The number of carbonyl (C=O) groups is 2. The Labute approximate surface area is 210 Å². The van der Waals surface area contributed by atoms with Gasteiger partial charge in [0, 0.05) is 24.9 Å². The minimum Gasteiger partial charge on any atom is -0.444 e. The normalized spacial score (nSPS) is 20.5. The monoisotopic (exact) mass is 489 g/mol. The number of rotatable bonds is 6. The number of hydrogen-bond acceptors (Lipinski definition) is 6. The number of carbonyl (C=O) groups excluding carboxylic acids is 2. The number of amides is 2. The zero-order chi connectivity index (χ0) is 25.8. The van der Waals surface area contributed by atoms with Gasteiger partial charge in [0.25, 0.3) is 0 Å². The van der Waals surface area contributed by atoms with Gasteiger partial charge in [0.05, 0.1) is 12.6 Å². The van der Waals surface area contributed by atoms with Crippen molar-refractivity contribution in [1.29, 1.82) is 0 Å². The Kier molecular flexibility index (Phi) is 8.67. The summed E-state index contributed by atoms with van der Waals surface area (Å²) >= 11 is 0. The molecule has 8 heteroatoms. The number of anilines is 1. The fourth-order valence-corrected chi connectivity index (χ4v) is 4.35. The number of aryl methyl sites for hydroxylation is 2. The second-order valence-corrected chi connectivity index (χ2v) is 11.7. The van der Waals surface area contributed by atoms with Crippen molar-refractivity contribution < 1.29 is 23.8 Å². The highest BCUT2D eigenvalue weighted by atomic mass is 16.6. The van der Waals surface area contributed by atoms with E-state index >= 15 is 0 Å². The Balaban J connectivity index is 1.46. The molecule has 0 spiro atoms. The van der Waals surface area contributed by atoms with E-state index in [0.717, 1.165) is 55.6 Å². The lowest BCUT2D eigenvalue weighted by molar-refractivity contribution is 0.0206. The van der Waals surface area contributed by atoms with Gasteiger partial charge in [0.1, 0.15) is 17.0 Å². The quantitative estimate of drug-likeness (QED) is 0.490. The number of likely N-dealkylation sites (tertiary alicyclic amines) is 1. The van der Waals surface area contributed by atoms with Crippen molar-refractivity contribution in [2.75, 3.05) is 24.6 Å². The molecule has 1 fully saturated rings. The van der Waals surface area contributed by atoms with Gasteiger partial charge >= 0.3 is 12.2 Å². The van der Waals surface area contributed by atoms with Gasteiger partial charge in [-0.25, -0.2) is 14.6 Å². The molecule has 8 nitrogen and oxygen atoms in total. The van der Waals surface area contributed by atoms with Crippen LogP contribution in [0, 0.1) is 0 Å². The number of aromatic nitrogens is 1. The zero-order valence-corrected chi connectivity index (χ0v) is 22.6. The minimum atomic E-state index is -0.546. The fraction of sp³-hybridized carbons (Fsp3) is 0.741. The Hall–Kier alpha value is -2.35. The van der Waals surface area contributed by atoms with Gasteiger partial charge in [0.15, 0.2) is 0 Å². The van der Waals surface area contributed by atoms with Crippen molar-refractivity contribution in [3.8, 4) is 0 Å². The molecule has 0 saturated carbocycles. The molecule has 1 aromatic heterocycles. The van der Waals surface area contributed by atoms with E-state index in [-0.39, 0.29) is 24.3 Å². The molecule has 0 unspecified atom stereocenters. The summed E-state index contributed by atoms with van der Waals surface area (Å²) in [5, 5.41) is 0. The molecular formula is C27H43N3O5. The Morgan fingerprint density at radius 3 is 2.37 bits per heavy atom. The molecule has 35 heavy (non-hydrogen) atoms. The van der Waals surface area contributed by atoms with Crippen molar-refractivity contribution >= 4 is 18.0 Å². The predicted molar refractivity (Wildman–Crippen MR) is 136 cm³/mol. The SMILES string of the molecule is C[C@@H]1CCc2ccc(CCCCO[C@@H]3CCN(C(=O)OC(C)(C)C)C3)nc2N1C(=O)OC(C)(C)C. The largest absolute Gasteiger partial charge is 0.444 e. The first-order chi connectivity index (χ1) is 16.3. The average molecular weight is 490 g/mol. The number of fused-ring (bicyclic) bond motifs is 1. The fourth-order valence-electron chi connectivity index (χ4n) is 4.35. The van der Waals surface area contributed by atoms with Crippen molar-refractivity contribution in [2.45, 2.75) is 110 Å². The van der Waals surface area contributed by atoms with Crippen molar-refractivity contribution in [3.05, 3.63) is 23.4 Å². The number of unbranched alkanes of at least 4 members (excludes halogenated alkanes) is 1. The van der Waals surface area contributed by atoms with Crippen LogP contribution >= 0.6 is 0 Å². The smallest absolute Gasteiger partial charge is 0.416 e. The van der Waals surface area contributed by atoms with Crippen LogP contribution in [0.25, 0.3) is 0 Å². The van der Waals surface area contributed by atoms with Crippen molar-refractivity contribution in [2.24, 2.45) is 0 Å². The molecule has 2 amide bonds. The van der Waals surface area contributed by atoms with Crippen LogP contribution in [0.4, 0.5) is 15.4 Å². The van der Waals surface area contributed by atoms with Crippen LogP contribution in [0.2, 0.25) is 0 Å². The highest BCUT2D eigenvalue weighted by Crippen LogP contribution is 2.31. The molecule has 1 saturated heterocycles. The molecule has 0 aromatic carbocycles. The number of ether oxygens (including phenoxy) is 3. The molecule has 0 radical (unpaired) electrons. The van der Waals surface area contributed by atoms with E-state index in [1.54, 1.807) is 9.80 Å². The highest BCUT2D eigenvalue weighted by molar-refractivity contribution is 5.88. The van der Waals surface area contributed by atoms with Crippen LogP contribution in [0.1, 0.15) is 85.4 Å². The second-order valence-electron chi connectivity index (χ2n) is 11.7. The molecule has 196 valence electrons. The molecule has 0 N–H and O–H groups in total. The molecule has 3 rings (SSSR count). The molecule has 3 heterocycles. The summed E-state index contributed by atoms with van der Waals surface area (Å²) < 4.78 is 17.1. The maximum absolute atomic E-state index is 12.9. The van der Waals surface area contributed by atoms with Crippen LogP contribution in [-0.4, -0.2) is 65.1 Å². The van der Waals surface area contributed by atoms with E-state index in [9.17, 15) is 9.59 Å². The summed E-state index contributed by atoms with van der Waals surface area (Å²) in [6.07, 6.45) is 4.79. The topological polar surface area (TPSA) is 81.2 Å². The lowest BCUT2D eigenvalue weighted by atomic mass is 9.99. The van der Waals surface area contributed by atoms with Gasteiger partial charge in [0.2, 0.25) is 0 Å². The van der Waals surface area contributed by atoms with Crippen molar-refractivity contribution in [1.82, 2.24) is 9.88 Å². The Morgan fingerprint density at radius 1 is 1.00 bits per heavy atom. The summed E-state index contributed by atoms with van der Waals surface area (Å²) in [6.45, 7) is 15.2. The van der Waals surface area contributed by atoms with E-state index in [1.807, 2.05) is 48.5 Å².